The first-order chi connectivity index (χ1) is 7.74. The molecule has 0 aliphatic carbocycles. The third kappa shape index (κ3) is 3.34. The Morgan fingerprint density at radius 2 is 2.00 bits per heavy atom. The number of carbonyl (C=O) groups excluding carboxylic acids is 1. The lowest BCUT2D eigenvalue weighted by Crippen LogP contribution is -2.35. The Kier molecular flexibility index (Phi) is 4.00. The number of anilines is 1. The Morgan fingerprint density at radius 1 is 1.41 bits per heavy atom. The molecule has 0 unspecified atom stereocenters. The molecular formula is C10H13ClN2O3S. The molecule has 0 atom stereocenters. The molecule has 0 heterocycles. The van der Waals surface area contributed by atoms with Crippen molar-refractivity contribution in [2.75, 3.05) is 5.73 Å². The molecule has 0 bridgehead atoms. The first-order valence-electron chi connectivity index (χ1n) is 4.85. The molecule has 0 aromatic heterocycles. The summed E-state index contributed by atoms with van der Waals surface area (Å²) in [6.07, 6.45) is 0. The van der Waals surface area contributed by atoms with Gasteiger partial charge in [-0.15, -0.1) is 0 Å². The monoisotopic (exact) mass is 276 g/mol. The highest BCUT2D eigenvalue weighted by Gasteiger charge is 2.20. The van der Waals surface area contributed by atoms with Crippen LogP contribution in [0.3, 0.4) is 0 Å². The van der Waals surface area contributed by atoms with Crippen molar-refractivity contribution in [3.8, 4) is 0 Å². The second kappa shape index (κ2) is 4.93. The van der Waals surface area contributed by atoms with Gasteiger partial charge in [0.1, 0.15) is 0 Å². The number of hydrogen-bond acceptors (Lipinski definition) is 4. The fourth-order valence-corrected chi connectivity index (χ4v) is 1.77. The molecule has 0 saturated heterocycles. The van der Waals surface area contributed by atoms with Crippen LogP contribution < -0.4 is 10.5 Å². The summed E-state index contributed by atoms with van der Waals surface area (Å²) in [5.74, 6) is -0.722. The molecule has 0 saturated carbocycles. The first-order valence-corrected chi connectivity index (χ1v) is 6.77. The number of nitrogen functional groups attached to an aromatic ring is 1. The molecule has 3 N–H and O–H groups in total. The summed E-state index contributed by atoms with van der Waals surface area (Å²) in [6, 6.07) is 4.17. The normalized spacial score (nSPS) is 11.5. The van der Waals surface area contributed by atoms with Gasteiger partial charge in [0.15, 0.2) is 0 Å². The Hall–Kier alpha value is -1.27. The molecule has 94 valence electrons. The fourth-order valence-electron chi connectivity index (χ4n) is 0.974. The van der Waals surface area contributed by atoms with E-state index in [1.165, 1.54) is 32.0 Å². The van der Waals surface area contributed by atoms with Gasteiger partial charge < -0.3 is 5.73 Å². The summed E-state index contributed by atoms with van der Waals surface area (Å²) in [6.45, 7) is 2.96. The molecule has 1 rings (SSSR count). The average molecular weight is 277 g/mol. The van der Waals surface area contributed by atoms with Gasteiger partial charge in [0, 0.05) is 5.56 Å². The number of nitrogens with one attached hydrogen (secondary N) is 1. The zero-order valence-electron chi connectivity index (χ0n) is 9.40. The van der Waals surface area contributed by atoms with Gasteiger partial charge in [0.25, 0.3) is 5.91 Å². The summed E-state index contributed by atoms with van der Waals surface area (Å²) in [5, 5.41) is -0.477. The van der Waals surface area contributed by atoms with Gasteiger partial charge in [-0.25, -0.2) is 13.1 Å². The third-order valence-corrected chi connectivity index (χ3v) is 4.16. The Labute approximate surface area is 105 Å². The maximum absolute atomic E-state index is 11.6. The topological polar surface area (TPSA) is 89.3 Å². The molecule has 0 aliphatic rings. The molecule has 0 radical (unpaired) electrons. The van der Waals surface area contributed by atoms with E-state index < -0.39 is 21.2 Å². The lowest BCUT2D eigenvalue weighted by atomic mass is 10.2. The molecule has 5 nitrogen and oxygen atoms in total. The maximum Gasteiger partial charge on any atom is 0.264 e. The summed E-state index contributed by atoms with van der Waals surface area (Å²) < 4.78 is 24.9. The van der Waals surface area contributed by atoms with Crippen LogP contribution in [0.1, 0.15) is 24.2 Å². The fraction of sp³-hybridized carbons (Fsp3) is 0.300. The van der Waals surface area contributed by atoms with Crippen LogP contribution in [0.25, 0.3) is 0 Å². The SMILES string of the molecule is CC(C)S(=O)(=O)NC(=O)c1ccc(N)c(Cl)c1. The lowest BCUT2D eigenvalue weighted by Gasteiger charge is -2.09. The zero-order chi connectivity index (χ0) is 13.2. The minimum atomic E-state index is -3.64. The molecule has 1 aromatic carbocycles. The molecule has 7 heteroatoms. The summed E-state index contributed by atoms with van der Waals surface area (Å²) in [4.78, 5) is 11.6. The number of amides is 1. The minimum Gasteiger partial charge on any atom is -0.398 e. The smallest absolute Gasteiger partial charge is 0.264 e. The van der Waals surface area contributed by atoms with E-state index in [-0.39, 0.29) is 10.6 Å². The summed E-state index contributed by atoms with van der Waals surface area (Å²) in [5.41, 5.74) is 5.96. The van der Waals surface area contributed by atoms with Gasteiger partial charge in [-0.05, 0) is 32.0 Å². The van der Waals surface area contributed by atoms with E-state index in [0.29, 0.717) is 5.69 Å². The van der Waals surface area contributed by atoms with E-state index in [1.54, 1.807) is 0 Å². The van der Waals surface area contributed by atoms with Crippen molar-refractivity contribution in [1.82, 2.24) is 4.72 Å². The van der Waals surface area contributed by atoms with Crippen LogP contribution in [0.5, 0.6) is 0 Å². The third-order valence-electron chi connectivity index (χ3n) is 2.12. The van der Waals surface area contributed by atoms with Crippen molar-refractivity contribution < 1.29 is 13.2 Å². The predicted molar refractivity (Wildman–Crippen MR) is 67.4 cm³/mol. The molecule has 0 spiro atoms. The predicted octanol–water partition coefficient (Wildman–Crippen LogP) is 1.39. The highest BCUT2D eigenvalue weighted by molar-refractivity contribution is 7.90. The van der Waals surface area contributed by atoms with Gasteiger partial charge in [-0.3, -0.25) is 4.79 Å². The van der Waals surface area contributed by atoms with Crippen molar-refractivity contribution in [3.63, 3.8) is 0 Å². The highest BCUT2D eigenvalue weighted by Crippen LogP contribution is 2.19. The first kappa shape index (κ1) is 13.8. The number of hydrogen-bond donors (Lipinski definition) is 2. The van der Waals surface area contributed by atoms with E-state index in [4.69, 9.17) is 17.3 Å². The van der Waals surface area contributed by atoms with Crippen LogP contribution in [-0.2, 0) is 10.0 Å². The quantitative estimate of drug-likeness (QED) is 0.817. The summed E-state index contributed by atoms with van der Waals surface area (Å²) >= 11 is 5.74. The minimum absolute atomic E-state index is 0.147. The van der Waals surface area contributed by atoms with E-state index in [9.17, 15) is 13.2 Å². The van der Waals surface area contributed by atoms with Crippen LogP contribution >= 0.6 is 11.6 Å². The van der Waals surface area contributed by atoms with Crippen molar-refractivity contribution in [1.29, 1.82) is 0 Å². The molecule has 1 aromatic rings. The van der Waals surface area contributed by atoms with Crippen LogP contribution in [0.4, 0.5) is 5.69 Å². The second-order valence-corrected chi connectivity index (χ2v) is 6.41. The van der Waals surface area contributed by atoms with Gasteiger partial charge in [-0.1, -0.05) is 11.6 Å². The van der Waals surface area contributed by atoms with Crippen molar-refractivity contribution >= 4 is 33.2 Å². The second-order valence-electron chi connectivity index (χ2n) is 3.76. The van der Waals surface area contributed by atoms with Gasteiger partial charge >= 0.3 is 0 Å². The lowest BCUT2D eigenvalue weighted by molar-refractivity contribution is 0.0981. The average Bonchev–Trinajstić information content (AvgIpc) is 2.21. The van der Waals surface area contributed by atoms with Crippen LogP contribution in [-0.4, -0.2) is 19.6 Å². The Bertz CT molecular complexity index is 540. The van der Waals surface area contributed by atoms with Crippen molar-refractivity contribution in [2.45, 2.75) is 19.1 Å². The summed E-state index contributed by atoms with van der Waals surface area (Å²) in [7, 11) is -3.64. The van der Waals surface area contributed by atoms with Crippen molar-refractivity contribution in [2.24, 2.45) is 0 Å². The van der Waals surface area contributed by atoms with E-state index in [0.717, 1.165) is 0 Å². The molecule has 17 heavy (non-hydrogen) atoms. The van der Waals surface area contributed by atoms with Crippen LogP contribution in [0.15, 0.2) is 18.2 Å². The van der Waals surface area contributed by atoms with Gasteiger partial charge in [-0.2, -0.15) is 0 Å². The number of nitrogens with two attached hydrogens (primary N) is 1. The van der Waals surface area contributed by atoms with Crippen molar-refractivity contribution in [3.05, 3.63) is 28.8 Å². The van der Waals surface area contributed by atoms with E-state index in [2.05, 4.69) is 0 Å². The Morgan fingerprint density at radius 3 is 2.47 bits per heavy atom. The zero-order valence-corrected chi connectivity index (χ0v) is 11.0. The van der Waals surface area contributed by atoms with Gasteiger partial charge in [0.05, 0.1) is 16.0 Å². The molecular weight excluding hydrogens is 264 g/mol. The van der Waals surface area contributed by atoms with E-state index in [1.807, 2.05) is 4.72 Å². The van der Waals surface area contributed by atoms with Crippen LogP contribution in [0, 0.1) is 0 Å². The highest BCUT2D eigenvalue weighted by atomic mass is 35.5. The Balaban J connectivity index is 2.95. The number of carbonyl (C=O) groups is 1. The molecule has 1 amide bonds. The van der Waals surface area contributed by atoms with Crippen LogP contribution in [0.2, 0.25) is 5.02 Å². The van der Waals surface area contributed by atoms with Gasteiger partial charge in [0.2, 0.25) is 10.0 Å². The molecule has 0 aliphatic heterocycles. The number of halogens is 1. The number of benzene rings is 1. The number of sulfonamides is 1. The maximum atomic E-state index is 11.6. The largest absolute Gasteiger partial charge is 0.398 e. The molecule has 0 fully saturated rings. The number of rotatable bonds is 3. The van der Waals surface area contributed by atoms with E-state index >= 15 is 0 Å². The standard InChI is InChI=1S/C10H13ClN2O3S/c1-6(2)17(15,16)13-10(14)7-3-4-9(12)8(11)5-7/h3-6H,12H2,1-2H3,(H,13,14).